The number of carbonyl (C=O) groups is 1. The van der Waals surface area contributed by atoms with Crippen LogP contribution < -0.4 is 4.90 Å². The first kappa shape index (κ1) is 28.7. The molecule has 1 aromatic carbocycles. The van der Waals surface area contributed by atoms with Gasteiger partial charge in [0.1, 0.15) is 11.4 Å². The van der Waals surface area contributed by atoms with E-state index in [1.807, 2.05) is 26.0 Å². The van der Waals surface area contributed by atoms with Crippen LogP contribution in [0.3, 0.4) is 0 Å². The fraction of sp³-hybridized carbons (Fsp3) is 0.621. The Bertz CT molecular complexity index is 1150. The summed E-state index contributed by atoms with van der Waals surface area (Å²) < 4.78 is 59.1. The van der Waals surface area contributed by atoms with Gasteiger partial charge in [0.25, 0.3) is 5.91 Å². The van der Waals surface area contributed by atoms with Crippen LogP contribution in [0.1, 0.15) is 56.6 Å². The number of likely N-dealkylation sites (tertiary alicyclic amines) is 1. The molecule has 2 aromatic rings. The van der Waals surface area contributed by atoms with Crippen molar-refractivity contribution in [1.29, 1.82) is 0 Å². The van der Waals surface area contributed by atoms with Crippen molar-refractivity contribution in [3.63, 3.8) is 0 Å². The Morgan fingerprint density at radius 3 is 2.27 bits per heavy atom. The van der Waals surface area contributed by atoms with E-state index in [1.165, 1.54) is 17.7 Å². The maximum Gasteiger partial charge on any atom is 0.418 e. The van der Waals surface area contributed by atoms with Gasteiger partial charge in [0.05, 0.1) is 18.4 Å². The van der Waals surface area contributed by atoms with E-state index in [0.29, 0.717) is 45.1 Å². The molecule has 7 nitrogen and oxygen atoms in total. The molecule has 1 aromatic heterocycles. The molecule has 0 saturated carbocycles. The number of alkyl halides is 3. The summed E-state index contributed by atoms with van der Waals surface area (Å²) in [4.78, 5) is 19.8. The molecule has 3 aliphatic rings. The summed E-state index contributed by atoms with van der Waals surface area (Å²) in [5.74, 6) is 0.331. The Morgan fingerprint density at radius 1 is 1.02 bits per heavy atom. The lowest BCUT2D eigenvalue weighted by Crippen LogP contribution is -2.62. The normalized spacial score (nSPS) is 25.4. The van der Waals surface area contributed by atoms with E-state index >= 15 is 0 Å². The molecule has 2 atom stereocenters. The Balaban J connectivity index is 1.15. The average Bonchev–Trinajstić information content (AvgIpc) is 2.97. The zero-order chi connectivity index (χ0) is 28.5. The van der Waals surface area contributed by atoms with Crippen molar-refractivity contribution in [3.8, 4) is 0 Å². The standard InChI is InChI=1S/C29H37F4N5O2/c1-20(2)28(27(39)38-15-13-37(14-16-38)26-17-23(18-34-35-26)29(31,32)33)10-7-25(19-40-28)36-11-8-22(9-12-36)21-3-5-24(30)6-4-21/h3-6,17-18,20,22,25H,7-16,19H2,1-2H3/t25-,28+/m1/s1. The van der Waals surface area contributed by atoms with Crippen LogP contribution in [0.15, 0.2) is 36.5 Å². The number of piperazine rings is 1. The molecule has 0 bridgehead atoms. The zero-order valence-electron chi connectivity index (χ0n) is 23.0. The third-order valence-corrected chi connectivity index (χ3v) is 8.92. The summed E-state index contributed by atoms with van der Waals surface area (Å²) in [6, 6.07) is 8.08. The zero-order valence-corrected chi connectivity index (χ0v) is 23.0. The third-order valence-electron chi connectivity index (χ3n) is 8.92. The van der Waals surface area contributed by atoms with Gasteiger partial charge in [0.15, 0.2) is 5.82 Å². The smallest absolute Gasteiger partial charge is 0.363 e. The SMILES string of the molecule is CC(C)[C@]1(C(=O)N2CCN(c3cc(C(F)(F)F)cnn3)CC2)CC[C@@H](N2CCC(c3ccc(F)cc3)CC2)CO1. The second-order valence-corrected chi connectivity index (χ2v) is 11.5. The maximum absolute atomic E-state index is 13.8. The molecule has 40 heavy (non-hydrogen) atoms. The largest absolute Gasteiger partial charge is 0.418 e. The number of hydrogen-bond acceptors (Lipinski definition) is 6. The highest BCUT2D eigenvalue weighted by Crippen LogP contribution is 2.38. The topological polar surface area (TPSA) is 61.8 Å². The van der Waals surface area contributed by atoms with Crippen molar-refractivity contribution in [3.05, 3.63) is 53.5 Å². The monoisotopic (exact) mass is 563 g/mol. The molecule has 0 spiro atoms. The number of anilines is 1. The molecule has 0 radical (unpaired) electrons. The average molecular weight is 564 g/mol. The van der Waals surface area contributed by atoms with Crippen LogP contribution in [-0.4, -0.2) is 83.4 Å². The van der Waals surface area contributed by atoms with Crippen LogP contribution in [0.5, 0.6) is 0 Å². The Morgan fingerprint density at radius 2 is 1.70 bits per heavy atom. The quantitative estimate of drug-likeness (QED) is 0.490. The molecule has 0 N–H and O–H groups in total. The Kier molecular flexibility index (Phi) is 8.33. The van der Waals surface area contributed by atoms with Gasteiger partial charge in [-0.3, -0.25) is 9.69 Å². The van der Waals surface area contributed by atoms with Crippen molar-refractivity contribution in [1.82, 2.24) is 20.0 Å². The lowest BCUT2D eigenvalue weighted by molar-refractivity contribution is -0.180. The van der Waals surface area contributed by atoms with E-state index in [9.17, 15) is 22.4 Å². The van der Waals surface area contributed by atoms with Crippen molar-refractivity contribution in [2.24, 2.45) is 5.92 Å². The Labute approximate surface area is 232 Å². The minimum atomic E-state index is -4.49. The van der Waals surface area contributed by atoms with Gasteiger partial charge >= 0.3 is 6.18 Å². The van der Waals surface area contributed by atoms with E-state index in [2.05, 4.69) is 15.1 Å². The number of carbonyl (C=O) groups excluding carboxylic acids is 1. The minimum Gasteiger partial charge on any atom is -0.363 e. The van der Waals surface area contributed by atoms with Gasteiger partial charge < -0.3 is 14.5 Å². The van der Waals surface area contributed by atoms with Crippen molar-refractivity contribution >= 4 is 11.7 Å². The molecular formula is C29H37F4N5O2. The molecule has 4 heterocycles. The van der Waals surface area contributed by atoms with E-state index in [-0.39, 0.29) is 29.5 Å². The second kappa shape index (κ2) is 11.6. The number of piperidine rings is 1. The summed E-state index contributed by atoms with van der Waals surface area (Å²) in [5, 5.41) is 7.41. The second-order valence-electron chi connectivity index (χ2n) is 11.5. The molecule has 3 saturated heterocycles. The number of benzene rings is 1. The van der Waals surface area contributed by atoms with Crippen molar-refractivity contribution < 1.29 is 27.1 Å². The van der Waals surface area contributed by atoms with Crippen LogP contribution >= 0.6 is 0 Å². The van der Waals surface area contributed by atoms with Gasteiger partial charge in [-0.2, -0.15) is 18.3 Å². The van der Waals surface area contributed by atoms with Crippen molar-refractivity contribution in [2.45, 2.75) is 63.3 Å². The van der Waals surface area contributed by atoms with Crippen LogP contribution in [0.25, 0.3) is 0 Å². The summed E-state index contributed by atoms with van der Waals surface area (Å²) in [6.45, 7) is 7.93. The number of rotatable bonds is 5. The highest BCUT2D eigenvalue weighted by atomic mass is 19.4. The summed E-state index contributed by atoms with van der Waals surface area (Å²) in [6.07, 6.45) is -0.248. The lowest BCUT2D eigenvalue weighted by atomic mass is 9.80. The summed E-state index contributed by atoms with van der Waals surface area (Å²) in [7, 11) is 0. The number of ether oxygens (including phenoxy) is 1. The van der Waals surface area contributed by atoms with E-state index in [1.54, 1.807) is 9.80 Å². The lowest BCUT2D eigenvalue weighted by Gasteiger charge is -2.48. The molecule has 218 valence electrons. The molecule has 3 fully saturated rings. The molecule has 3 aliphatic heterocycles. The summed E-state index contributed by atoms with van der Waals surface area (Å²) >= 11 is 0. The predicted octanol–water partition coefficient (Wildman–Crippen LogP) is 4.74. The number of amides is 1. The highest BCUT2D eigenvalue weighted by Gasteiger charge is 2.49. The fourth-order valence-electron chi connectivity index (χ4n) is 6.34. The van der Waals surface area contributed by atoms with Gasteiger partial charge in [-0.1, -0.05) is 26.0 Å². The molecule has 0 aliphatic carbocycles. The predicted molar refractivity (Wildman–Crippen MR) is 142 cm³/mol. The first-order chi connectivity index (χ1) is 19.1. The molecule has 11 heteroatoms. The van der Waals surface area contributed by atoms with Gasteiger partial charge in [0, 0.05) is 32.2 Å². The van der Waals surface area contributed by atoms with E-state index in [4.69, 9.17) is 4.74 Å². The minimum absolute atomic E-state index is 0.0162. The first-order valence-corrected chi connectivity index (χ1v) is 14.1. The van der Waals surface area contributed by atoms with Gasteiger partial charge in [-0.05, 0) is 74.4 Å². The summed E-state index contributed by atoms with van der Waals surface area (Å²) in [5.41, 5.74) is -0.550. The first-order valence-electron chi connectivity index (χ1n) is 14.1. The third kappa shape index (κ3) is 5.95. The van der Waals surface area contributed by atoms with Gasteiger partial charge in [0.2, 0.25) is 0 Å². The fourth-order valence-corrected chi connectivity index (χ4v) is 6.34. The molecule has 1 amide bonds. The van der Waals surface area contributed by atoms with E-state index < -0.39 is 17.3 Å². The molecule has 0 unspecified atom stereocenters. The van der Waals surface area contributed by atoms with Crippen LogP contribution in [0.2, 0.25) is 0 Å². The highest BCUT2D eigenvalue weighted by molar-refractivity contribution is 5.86. The van der Waals surface area contributed by atoms with Gasteiger partial charge in [-0.15, -0.1) is 5.10 Å². The maximum atomic E-state index is 13.8. The number of nitrogens with zero attached hydrogens (tertiary/aromatic N) is 5. The number of aromatic nitrogens is 2. The van der Waals surface area contributed by atoms with Gasteiger partial charge in [-0.25, -0.2) is 4.39 Å². The van der Waals surface area contributed by atoms with Crippen LogP contribution in [-0.2, 0) is 15.7 Å². The van der Waals surface area contributed by atoms with Crippen LogP contribution in [0, 0.1) is 11.7 Å². The van der Waals surface area contributed by atoms with E-state index in [0.717, 1.165) is 44.6 Å². The number of halogens is 4. The van der Waals surface area contributed by atoms with Crippen molar-refractivity contribution in [2.75, 3.05) is 50.8 Å². The Hall–Kier alpha value is -2.79. The molecular weight excluding hydrogens is 526 g/mol. The molecule has 5 rings (SSSR count). The van der Waals surface area contributed by atoms with Crippen LogP contribution in [0.4, 0.5) is 23.4 Å². The number of hydrogen-bond donors (Lipinski definition) is 0.